The number of nitrogens with one attached hydrogen (secondary N) is 1. The van der Waals surface area contributed by atoms with Gasteiger partial charge in [-0.2, -0.15) is 4.72 Å². The second kappa shape index (κ2) is 6.76. The van der Waals surface area contributed by atoms with Crippen LogP contribution in [0, 0.1) is 0 Å². The van der Waals surface area contributed by atoms with E-state index < -0.39 is 16.1 Å². The Kier molecular flexibility index (Phi) is 4.71. The number of nitrogens with zero attached hydrogens (tertiary/aromatic N) is 2. The van der Waals surface area contributed by atoms with Gasteiger partial charge in [0.1, 0.15) is 11.9 Å². The van der Waals surface area contributed by atoms with Gasteiger partial charge >= 0.3 is 0 Å². The van der Waals surface area contributed by atoms with Crippen LogP contribution in [0.2, 0.25) is 5.02 Å². The molecule has 3 rings (SSSR count). The number of hydrogen-bond donors (Lipinski definition) is 1. The molecule has 1 unspecified atom stereocenters. The second-order valence-corrected chi connectivity index (χ2v) is 7.47. The second-order valence-electron chi connectivity index (χ2n) is 5.32. The fourth-order valence-electron chi connectivity index (χ4n) is 2.40. The van der Waals surface area contributed by atoms with Gasteiger partial charge in [0.2, 0.25) is 10.0 Å². The van der Waals surface area contributed by atoms with E-state index in [1.165, 1.54) is 0 Å². The van der Waals surface area contributed by atoms with Crippen LogP contribution in [-0.2, 0) is 17.1 Å². The molecule has 0 aliphatic carbocycles. The van der Waals surface area contributed by atoms with Gasteiger partial charge in [-0.3, -0.25) is 0 Å². The molecule has 3 aromatic rings. The van der Waals surface area contributed by atoms with Crippen molar-refractivity contribution in [3.05, 3.63) is 83.4 Å². The first kappa shape index (κ1) is 16.7. The molecule has 1 aromatic heterocycles. The van der Waals surface area contributed by atoms with Crippen molar-refractivity contribution in [2.24, 2.45) is 7.05 Å². The van der Waals surface area contributed by atoms with Gasteiger partial charge in [-0.05, 0) is 29.8 Å². The topological polar surface area (TPSA) is 64.0 Å². The van der Waals surface area contributed by atoms with E-state index in [0.717, 1.165) is 5.56 Å². The third-order valence-electron chi connectivity index (χ3n) is 3.65. The number of aryl methyl sites for hydroxylation is 1. The highest BCUT2D eigenvalue weighted by Gasteiger charge is 2.25. The molecule has 0 saturated carbocycles. The standard InChI is InChI=1S/C17H16ClN3O2S/c1-21-12-11-19-17(21)16(13-7-9-14(18)10-8-13)20-24(22,23)15-5-3-2-4-6-15/h2-12,16,20H,1H3. The number of imidazole rings is 1. The molecule has 1 heterocycles. The quantitative estimate of drug-likeness (QED) is 0.759. The molecule has 5 nitrogen and oxygen atoms in total. The molecule has 1 N–H and O–H groups in total. The first-order valence-corrected chi connectivity index (χ1v) is 9.13. The third kappa shape index (κ3) is 3.51. The Bertz CT molecular complexity index is 922. The summed E-state index contributed by atoms with van der Waals surface area (Å²) in [5, 5.41) is 0.586. The molecular weight excluding hydrogens is 346 g/mol. The van der Waals surface area contributed by atoms with Gasteiger partial charge in [0.05, 0.1) is 4.90 Å². The minimum atomic E-state index is -3.70. The van der Waals surface area contributed by atoms with E-state index in [1.54, 1.807) is 71.6 Å². The van der Waals surface area contributed by atoms with E-state index in [4.69, 9.17) is 11.6 Å². The van der Waals surface area contributed by atoms with Gasteiger partial charge in [-0.25, -0.2) is 13.4 Å². The number of aromatic nitrogens is 2. The number of halogens is 1. The molecular formula is C17H16ClN3O2S. The van der Waals surface area contributed by atoms with Crippen molar-refractivity contribution in [3.8, 4) is 0 Å². The lowest BCUT2D eigenvalue weighted by molar-refractivity contribution is 0.563. The summed E-state index contributed by atoms with van der Waals surface area (Å²) in [6.07, 6.45) is 3.41. The van der Waals surface area contributed by atoms with Gasteiger partial charge in [-0.15, -0.1) is 0 Å². The molecule has 0 saturated heterocycles. The normalized spacial score (nSPS) is 12.9. The van der Waals surface area contributed by atoms with E-state index in [-0.39, 0.29) is 4.90 Å². The van der Waals surface area contributed by atoms with Crippen LogP contribution in [0.3, 0.4) is 0 Å². The van der Waals surface area contributed by atoms with Crippen LogP contribution < -0.4 is 4.72 Å². The average molecular weight is 362 g/mol. The minimum absolute atomic E-state index is 0.207. The summed E-state index contributed by atoms with van der Waals surface area (Å²) in [5.41, 5.74) is 0.758. The lowest BCUT2D eigenvalue weighted by atomic mass is 10.1. The third-order valence-corrected chi connectivity index (χ3v) is 5.34. The molecule has 24 heavy (non-hydrogen) atoms. The molecule has 0 fully saturated rings. The summed E-state index contributed by atoms with van der Waals surface area (Å²) in [7, 11) is -1.88. The van der Waals surface area contributed by atoms with Crippen LogP contribution in [-0.4, -0.2) is 18.0 Å². The Hall–Kier alpha value is -2.15. The monoisotopic (exact) mass is 361 g/mol. The zero-order chi connectivity index (χ0) is 17.2. The van der Waals surface area contributed by atoms with Gasteiger partial charge in [-0.1, -0.05) is 41.9 Å². The number of rotatable bonds is 5. The Morgan fingerprint density at radius 2 is 1.75 bits per heavy atom. The van der Waals surface area contributed by atoms with Crippen molar-refractivity contribution in [3.63, 3.8) is 0 Å². The predicted octanol–water partition coefficient (Wildman–Crippen LogP) is 3.14. The summed E-state index contributed by atoms with van der Waals surface area (Å²) in [6.45, 7) is 0. The summed E-state index contributed by atoms with van der Waals surface area (Å²) in [4.78, 5) is 4.50. The lowest BCUT2D eigenvalue weighted by Gasteiger charge is -2.19. The first-order chi connectivity index (χ1) is 11.5. The zero-order valence-electron chi connectivity index (χ0n) is 12.9. The van der Waals surface area contributed by atoms with Gasteiger partial charge < -0.3 is 4.57 Å². The summed E-state index contributed by atoms with van der Waals surface area (Å²) in [6, 6.07) is 14.7. The minimum Gasteiger partial charge on any atom is -0.336 e. The molecule has 0 aliphatic rings. The Balaban J connectivity index is 2.03. The zero-order valence-corrected chi connectivity index (χ0v) is 14.5. The largest absolute Gasteiger partial charge is 0.336 e. The van der Waals surface area contributed by atoms with Crippen molar-refractivity contribution < 1.29 is 8.42 Å². The molecule has 0 aliphatic heterocycles. The average Bonchev–Trinajstić information content (AvgIpc) is 3.00. The molecule has 0 bridgehead atoms. The molecule has 2 aromatic carbocycles. The van der Waals surface area contributed by atoms with E-state index >= 15 is 0 Å². The maximum Gasteiger partial charge on any atom is 0.241 e. The summed E-state index contributed by atoms with van der Waals surface area (Å²) in [5.74, 6) is 0.594. The Morgan fingerprint density at radius 3 is 2.33 bits per heavy atom. The van der Waals surface area contributed by atoms with E-state index in [0.29, 0.717) is 10.8 Å². The van der Waals surface area contributed by atoms with Gasteiger partial charge in [0.15, 0.2) is 0 Å². The Labute approximate surface area is 146 Å². The maximum absolute atomic E-state index is 12.7. The maximum atomic E-state index is 12.7. The molecule has 0 radical (unpaired) electrons. The fraction of sp³-hybridized carbons (Fsp3) is 0.118. The lowest BCUT2D eigenvalue weighted by Crippen LogP contribution is -2.31. The SMILES string of the molecule is Cn1ccnc1C(NS(=O)(=O)c1ccccc1)c1ccc(Cl)cc1. The van der Waals surface area contributed by atoms with Crippen LogP contribution in [0.15, 0.2) is 71.9 Å². The highest BCUT2D eigenvalue weighted by Crippen LogP contribution is 2.24. The van der Waals surface area contributed by atoms with Crippen molar-refractivity contribution >= 4 is 21.6 Å². The highest BCUT2D eigenvalue weighted by atomic mass is 35.5. The Morgan fingerprint density at radius 1 is 1.08 bits per heavy atom. The van der Waals surface area contributed by atoms with Crippen molar-refractivity contribution in [1.29, 1.82) is 0 Å². The fourth-order valence-corrected chi connectivity index (χ4v) is 3.73. The van der Waals surface area contributed by atoms with Gasteiger partial charge in [0.25, 0.3) is 0 Å². The van der Waals surface area contributed by atoms with E-state index in [9.17, 15) is 8.42 Å². The van der Waals surface area contributed by atoms with Gasteiger partial charge in [0, 0.05) is 24.5 Å². The van der Waals surface area contributed by atoms with E-state index in [1.807, 2.05) is 7.05 Å². The van der Waals surface area contributed by atoms with Crippen LogP contribution in [0.5, 0.6) is 0 Å². The number of benzene rings is 2. The number of hydrogen-bond acceptors (Lipinski definition) is 3. The van der Waals surface area contributed by atoms with E-state index in [2.05, 4.69) is 9.71 Å². The summed E-state index contributed by atoms with van der Waals surface area (Å²) >= 11 is 5.94. The van der Waals surface area contributed by atoms with Crippen LogP contribution in [0.25, 0.3) is 0 Å². The van der Waals surface area contributed by atoms with Crippen molar-refractivity contribution in [2.75, 3.05) is 0 Å². The summed E-state index contributed by atoms with van der Waals surface area (Å²) < 4.78 is 29.9. The number of sulfonamides is 1. The molecule has 7 heteroatoms. The molecule has 0 amide bonds. The van der Waals surface area contributed by atoms with Crippen LogP contribution >= 0.6 is 11.6 Å². The van der Waals surface area contributed by atoms with Crippen LogP contribution in [0.4, 0.5) is 0 Å². The molecule has 124 valence electrons. The molecule has 0 spiro atoms. The van der Waals surface area contributed by atoms with Crippen molar-refractivity contribution in [2.45, 2.75) is 10.9 Å². The predicted molar refractivity (Wildman–Crippen MR) is 93.3 cm³/mol. The molecule has 1 atom stereocenters. The first-order valence-electron chi connectivity index (χ1n) is 7.27. The van der Waals surface area contributed by atoms with Crippen LogP contribution in [0.1, 0.15) is 17.4 Å². The smallest absolute Gasteiger partial charge is 0.241 e. The van der Waals surface area contributed by atoms with Crippen molar-refractivity contribution in [1.82, 2.24) is 14.3 Å². The highest BCUT2D eigenvalue weighted by molar-refractivity contribution is 7.89.